The number of halogens is 1. The summed E-state index contributed by atoms with van der Waals surface area (Å²) in [4.78, 5) is 13.3. The second-order valence-electron chi connectivity index (χ2n) is 7.09. The van der Waals surface area contributed by atoms with Crippen molar-refractivity contribution in [2.24, 2.45) is 0 Å². The van der Waals surface area contributed by atoms with Gasteiger partial charge < -0.3 is 5.32 Å². The van der Waals surface area contributed by atoms with Crippen LogP contribution in [0.15, 0.2) is 42.5 Å². The maximum atomic E-state index is 13.3. The van der Waals surface area contributed by atoms with Crippen molar-refractivity contribution in [2.45, 2.75) is 45.7 Å². The van der Waals surface area contributed by atoms with Gasteiger partial charge in [0.1, 0.15) is 5.66 Å². The number of nitrogens with one attached hydrogen (secondary N) is 2. The van der Waals surface area contributed by atoms with E-state index in [1.165, 1.54) is 5.56 Å². The highest BCUT2D eigenvalue weighted by Crippen LogP contribution is 2.37. The average Bonchev–Trinajstić information content (AvgIpc) is 2.63. The van der Waals surface area contributed by atoms with Crippen LogP contribution in [0.25, 0.3) is 0 Å². The van der Waals surface area contributed by atoms with E-state index < -0.39 is 5.66 Å². The molecule has 1 unspecified atom stereocenters. The topological polar surface area (TPSA) is 44.4 Å². The average molecular weight is 372 g/mol. The maximum absolute atomic E-state index is 13.3. The standard InChI is InChI=1S/C21H26ClN3O/c1-15-11-12-18-19(16(15)2)23-21(3,13-7-8-14-22)25(20(18)26)24-17-9-5-4-6-10-17/h4-6,9-12,23-24H,7-8,13-14H2,1-3H3. The largest absolute Gasteiger partial charge is 0.361 e. The number of aryl methyl sites for hydroxylation is 1. The van der Waals surface area contributed by atoms with Crippen LogP contribution in [-0.2, 0) is 0 Å². The van der Waals surface area contributed by atoms with Gasteiger partial charge in [-0.25, -0.2) is 5.01 Å². The van der Waals surface area contributed by atoms with E-state index in [2.05, 4.69) is 31.5 Å². The number of hydrogen-bond acceptors (Lipinski definition) is 3. The molecule has 1 aliphatic heterocycles. The van der Waals surface area contributed by atoms with Gasteiger partial charge >= 0.3 is 0 Å². The first-order chi connectivity index (χ1) is 12.5. The molecule has 4 nitrogen and oxygen atoms in total. The van der Waals surface area contributed by atoms with Crippen molar-refractivity contribution in [3.8, 4) is 0 Å². The van der Waals surface area contributed by atoms with E-state index in [0.29, 0.717) is 11.4 Å². The van der Waals surface area contributed by atoms with Crippen LogP contribution in [0.3, 0.4) is 0 Å². The Morgan fingerprint density at radius 2 is 1.85 bits per heavy atom. The number of anilines is 2. The van der Waals surface area contributed by atoms with Gasteiger partial charge in [0.2, 0.25) is 0 Å². The molecule has 3 rings (SSSR count). The fourth-order valence-electron chi connectivity index (χ4n) is 3.38. The number of nitrogens with zero attached hydrogens (tertiary/aromatic N) is 1. The number of rotatable bonds is 6. The molecule has 2 aromatic carbocycles. The fraction of sp³-hybridized carbons (Fsp3) is 0.381. The van der Waals surface area contributed by atoms with Crippen molar-refractivity contribution in [3.63, 3.8) is 0 Å². The molecule has 1 heterocycles. The van der Waals surface area contributed by atoms with Gasteiger partial charge in [-0.15, -0.1) is 11.6 Å². The molecule has 0 saturated carbocycles. The molecular weight excluding hydrogens is 346 g/mol. The molecule has 2 aromatic rings. The molecule has 0 bridgehead atoms. The van der Waals surface area contributed by atoms with E-state index in [9.17, 15) is 4.79 Å². The first kappa shape index (κ1) is 18.6. The Hall–Kier alpha value is -2.20. The molecule has 5 heteroatoms. The molecule has 0 aliphatic carbocycles. The molecule has 0 spiro atoms. The Bertz CT molecular complexity index is 793. The number of para-hydroxylation sites is 1. The van der Waals surface area contributed by atoms with Crippen LogP contribution in [0.2, 0.25) is 0 Å². The smallest absolute Gasteiger partial charge is 0.276 e. The van der Waals surface area contributed by atoms with Crippen molar-refractivity contribution in [1.29, 1.82) is 0 Å². The van der Waals surface area contributed by atoms with Gasteiger partial charge in [0.15, 0.2) is 0 Å². The zero-order valence-electron chi connectivity index (χ0n) is 15.6. The molecule has 138 valence electrons. The van der Waals surface area contributed by atoms with Crippen molar-refractivity contribution < 1.29 is 4.79 Å². The summed E-state index contributed by atoms with van der Waals surface area (Å²) in [5.41, 5.74) is 7.60. The zero-order chi connectivity index (χ0) is 18.7. The van der Waals surface area contributed by atoms with Crippen molar-refractivity contribution >= 4 is 28.9 Å². The zero-order valence-corrected chi connectivity index (χ0v) is 16.4. The minimum atomic E-state index is -0.537. The van der Waals surface area contributed by atoms with Crippen LogP contribution in [0.1, 0.15) is 47.7 Å². The molecule has 26 heavy (non-hydrogen) atoms. The first-order valence-electron chi connectivity index (χ1n) is 9.07. The number of carbonyl (C=O) groups excluding carboxylic acids is 1. The second-order valence-corrected chi connectivity index (χ2v) is 7.47. The van der Waals surface area contributed by atoms with Crippen molar-refractivity contribution in [1.82, 2.24) is 5.01 Å². The van der Waals surface area contributed by atoms with Crippen LogP contribution < -0.4 is 10.7 Å². The van der Waals surface area contributed by atoms with Gasteiger partial charge in [-0.05, 0) is 69.4 Å². The molecule has 1 amide bonds. The number of amides is 1. The molecule has 0 saturated heterocycles. The number of unbranched alkanes of at least 4 members (excludes halogenated alkanes) is 1. The quantitative estimate of drug-likeness (QED) is 0.533. The number of hydrogen-bond donors (Lipinski definition) is 2. The van der Waals surface area contributed by atoms with Gasteiger partial charge in [-0.3, -0.25) is 10.2 Å². The third-order valence-electron chi connectivity index (χ3n) is 5.12. The lowest BCUT2D eigenvalue weighted by Crippen LogP contribution is -2.60. The highest BCUT2D eigenvalue weighted by Gasteiger charge is 2.42. The van der Waals surface area contributed by atoms with Crippen molar-refractivity contribution in [2.75, 3.05) is 16.6 Å². The van der Waals surface area contributed by atoms with Crippen molar-refractivity contribution in [3.05, 3.63) is 59.2 Å². The van der Waals surface area contributed by atoms with E-state index in [-0.39, 0.29) is 5.91 Å². The number of alkyl halides is 1. The van der Waals surface area contributed by atoms with Crippen LogP contribution in [0, 0.1) is 13.8 Å². The highest BCUT2D eigenvalue weighted by molar-refractivity contribution is 6.17. The lowest BCUT2D eigenvalue weighted by molar-refractivity contribution is 0.0597. The van der Waals surface area contributed by atoms with Crippen LogP contribution >= 0.6 is 11.6 Å². The summed E-state index contributed by atoms with van der Waals surface area (Å²) < 4.78 is 0. The first-order valence-corrected chi connectivity index (χ1v) is 9.60. The van der Waals surface area contributed by atoms with E-state index in [4.69, 9.17) is 11.6 Å². The number of fused-ring (bicyclic) bond motifs is 1. The SMILES string of the molecule is Cc1ccc2c(c1C)NC(C)(CCCCCl)N(Nc1ccccc1)C2=O. The predicted molar refractivity (Wildman–Crippen MR) is 109 cm³/mol. The van der Waals surface area contributed by atoms with E-state index in [0.717, 1.165) is 36.2 Å². The molecule has 1 aliphatic rings. The van der Waals surface area contributed by atoms with Gasteiger partial charge in [0.05, 0.1) is 16.9 Å². The number of benzene rings is 2. The summed E-state index contributed by atoms with van der Waals surface area (Å²) in [6.07, 6.45) is 2.66. The molecule has 0 aromatic heterocycles. The summed E-state index contributed by atoms with van der Waals surface area (Å²) >= 11 is 5.87. The van der Waals surface area contributed by atoms with Gasteiger partial charge in [0.25, 0.3) is 5.91 Å². The summed E-state index contributed by atoms with van der Waals surface area (Å²) in [5.74, 6) is 0.615. The molecule has 0 radical (unpaired) electrons. The summed E-state index contributed by atoms with van der Waals surface area (Å²) in [6.45, 7) is 6.20. The molecule has 0 fully saturated rings. The summed E-state index contributed by atoms with van der Waals surface area (Å²) in [6, 6.07) is 13.7. The van der Waals surface area contributed by atoms with E-state index in [1.807, 2.05) is 42.5 Å². The third-order valence-corrected chi connectivity index (χ3v) is 5.39. The maximum Gasteiger partial charge on any atom is 0.276 e. The Labute approximate surface area is 160 Å². The summed E-state index contributed by atoms with van der Waals surface area (Å²) in [7, 11) is 0. The molecule has 1 atom stereocenters. The Morgan fingerprint density at radius 3 is 2.54 bits per heavy atom. The van der Waals surface area contributed by atoms with Crippen LogP contribution in [0.5, 0.6) is 0 Å². The van der Waals surface area contributed by atoms with E-state index in [1.54, 1.807) is 5.01 Å². The minimum Gasteiger partial charge on any atom is -0.361 e. The normalized spacial score (nSPS) is 19.1. The number of hydrazine groups is 1. The van der Waals surface area contributed by atoms with Gasteiger partial charge in [0, 0.05) is 5.88 Å². The van der Waals surface area contributed by atoms with Gasteiger partial charge in [-0.1, -0.05) is 24.3 Å². The Kier molecular flexibility index (Phi) is 5.42. The molecular formula is C21H26ClN3O. The highest BCUT2D eigenvalue weighted by atomic mass is 35.5. The molecule has 2 N–H and O–H groups in total. The van der Waals surface area contributed by atoms with Crippen LogP contribution in [0.4, 0.5) is 11.4 Å². The van der Waals surface area contributed by atoms with E-state index >= 15 is 0 Å². The predicted octanol–water partition coefficient (Wildman–Crippen LogP) is 5.32. The Morgan fingerprint density at radius 1 is 1.12 bits per heavy atom. The number of carbonyl (C=O) groups is 1. The third kappa shape index (κ3) is 3.51. The lowest BCUT2D eigenvalue weighted by Gasteiger charge is -2.47. The monoisotopic (exact) mass is 371 g/mol. The minimum absolute atomic E-state index is 0.0147. The Balaban J connectivity index is 2.00. The fourth-order valence-corrected chi connectivity index (χ4v) is 3.57. The van der Waals surface area contributed by atoms with Gasteiger partial charge in [-0.2, -0.15) is 0 Å². The van der Waals surface area contributed by atoms with Crippen LogP contribution in [-0.4, -0.2) is 22.5 Å². The summed E-state index contributed by atoms with van der Waals surface area (Å²) in [5, 5.41) is 5.37. The lowest BCUT2D eigenvalue weighted by atomic mass is 9.94. The second kappa shape index (κ2) is 7.58.